The van der Waals surface area contributed by atoms with Gasteiger partial charge in [0.15, 0.2) is 17.3 Å². The summed E-state index contributed by atoms with van der Waals surface area (Å²) < 4.78 is 1.41. The van der Waals surface area contributed by atoms with Gasteiger partial charge in [0.05, 0.1) is 5.52 Å². The Hall–Kier alpha value is -2.56. The summed E-state index contributed by atoms with van der Waals surface area (Å²) in [6.45, 7) is 4.78. The highest BCUT2D eigenvalue weighted by Gasteiger charge is 2.23. The number of aromatic nitrogens is 1. The van der Waals surface area contributed by atoms with Gasteiger partial charge in [-0.2, -0.15) is 0 Å². The van der Waals surface area contributed by atoms with Crippen molar-refractivity contribution < 1.29 is 15.0 Å². The lowest BCUT2D eigenvalue weighted by Gasteiger charge is -2.08. The third-order valence-corrected chi connectivity index (χ3v) is 3.75. The van der Waals surface area contributed by atoms with Gasteiger partial charge in [0.1, 0.15) is 0 Å². The summed E-state index contributed by atoms with van der Waals surface area (Å²) in [5, 5.41) is 20.8. The van der Waals surface area contributed by atoms with Gasteiger partial charge in [-0.1, -0.05) is 0 Å². The Morgan fingerprint density at radius 2 is 1.85 bits per heavy atom. The molecule has 0 aliphatic heterocycles. The van der Waals surface area contributed by atoms with Gasteiger partial charge < -0.3 is 10.2 Å². The summed E-state index contributed by atoms with van der Waals surface area (Å²) in [5.41, 5.74) is 1.71. The lowest BCUT2D eigenvalue weighted by Crippen LogP contribution is -2.13. The maximum atomic E-state index is 12.2. The number of hydrogen-bond donors (Lipinski definition) is 2. The molecule has 3 rings (SSSR count). The molecule has 5 heteroatoms. The number of aryl methyl sites for hydroxylation is 2. The topological polar surface area (TPSA) is 79.0 Å². The molecule has 0 saturated heterocycles. The molecule has 1 aromatic carbocycles. The number of carbonyl (C=O) groups excluding carboxylic acids is 1. The molecule has 0 aliphatic carbocycles. The van der Waals surface area contributed by atoms with Gasteiger partial charge in [-0.15, -0.1) is 0 Å². The number of phenols is 2. The zero-order chi connectivity index (χ0) is 14.8. The van der Waals surface area contributed by atoms with Crippen molar-refractivity contribution in [3.63, 3.8) is 0 Å². The number of carbonyl (C=O) groups is 1. The SMILES string of the molecule is CC(=O)c1c(C)n2c(=O)cc(C)c3c(O)c(O)cc1c32. The van der Waals surface area contributed by atoms with E-state index in [1.807, 2.05) is 0 Å². The molecule has 0 bridgehead atoms. The Labute approximate surface area is 114 Å². The van der Waals surface area contributed by atoms with Gasteiger partial charge >= 0.3 is 0 Å². The van der Waals surface area contributed by atoms with Crippen LogP contribution < -0.4 is 5.56 Å². The molecule has 0 saturated carbocycles. The third-order valence-electron chi connectivity index (χ3n) is 3.75. The molecule has 2 N–H and O–H groups in total. The number of aromatic hydroxyl groups is 2. The highest BCUT2D eigenvalue weighted by atomic mass is 16.3. The highest BCUT2D eigenvalue weighted by molar-refractivity contribution is 6.14. The van der Waals surface area contributed by atoms with E-state index in [0.717, 1.165) is 0 Å². The molecule has 0 aliphatic rings. The van der Waals surface area contributed by atoms with Gasteiger partial charge in [-0.3, -0.25) is 14.0 Å². The maximum absolute atomic E-state index is 12.2. The van der Waals surface area contributed by atoms with E-state index in [1.165, 1.54) is 23.5 Å². The minimum atomic E-state index is -0.297. The first kappa shape index (κ1) is 12.5. The summed E-state index contributed by atoms with van der Waals surface area (Å²) >= 11 is 0. The van der Waals surface area contributed by atoms with Crippen LogP contribution in [0.5, 0.6) is 11.5 Å². The average Bonchev–Trinajstić information content (AvgIpc) is 2.62. The number of hydrogen-bond acceptors (Lipinski definition) is 4. The van der Waals surface area contributed by atoms with Crippen molar-refractivity contribution in [3.05, 3.63) is 39.3 Å². The number of ketones is 1. The second-order valence-corrected chi connectivity index (χ2v) is 5.03. The summed E-state index contributed by atoms with van der Waals surface area (Å²) in [4.78, 5) is 24.0. The Morgan fingerprint density at radius 1 is 1.20 bits per heavy atom. The number of nitrogens with zero attached hydrogens (tertiary/aromatic N) is 1. The number of Topliss-reactive ketones (excluding diaryl/α,β-unsaturated/α-hetero) is 1. The lowest BCUT2D eigenvalue weighted by molar-refractivity contribution is 0.101. The maximum Gasteiger partial charge on any atom is 0.255 e. The molecule has 0 atom stereocenters. The molecule has 0 spiro atoms. The predicted octanol–water partition coefficient (Wildman–Crippen LogP) is 2.12. The van der Waals surface area contributed by atoms with Crippen LogP contribution in [0.4, 0.5) is 0 Å². The molecule has 20 heavy (non-hydrogen) atoms. The molecule has 0 amide bonds. The fourth-order valence-corrected chi connectivity index (χ4v) is 2.96. The standard InChI is InChI=1S/C15H13NO4/c1-6-4-11(19)16-7(2)13(8(3)17)9-5-10(18)15(20)12(6)14(9)16/h4-5,18,20H,1-3H3. The van der Waals surface area contributed by atoms with Gasteiger partial charge in [0, 0.05) is 28.1 Å². The number of benzene rings is 1. The van der Waals surface area contributed by atoms with Crippen molar-refractivity contribution in [2.24, 2.45) is 0 Å². The van der Waals surface area contributed by atoms with Crippen LogP contribution in [0.2, 0.25) is 0 Å². The molecule has 2 aromatic heterocycles. The zero-order valence-electron chi connectivity index (χ0n) is 11.3. The van der Waals surface area contributed by atoms with Crippen LogP contribution in [0.3, 0.4) is 0 Å². The van der Waals surface area contributed by atoms with E-state index in [9.17, 15) is 19.8 Å². The number of phenolic OH excluding ortho intramolecular Hbond substituents is 2. The fourth-order valence-electron chi connectivity index (χ4n) is 2.96. The van der Waals surface area contributed by atoms with Crippen LogP contribution in [-0.2, 0) is 0 Å². The lowest BCUT2D eigenvalue weighted by atomic mass is 10.0. The van der Waals surface area contributed by atoms with E-state index in [1.54, 1.807) is 13.8 Å². The highest BCUT2D eigenvalue weighted by Crippen LogP contribution is 2.41. The normalized spacial score (nSPS) is 11.6. The summed E-state index contributed by atoms with van der Waals surface area (Å²) in [6, 6.07) is 2.72. The van der Waals surface area contributed by atoms with E-state index in [-0.39, 0.29) is 22.8 Å². The third kappa shape index (κ3) is 1.32. The van der Waals surface area contributed by atoms with Crippen LogP contribution in [0, 0.1) is 13.8 Å². The van der Waals surface area contributed by atoms with Crippen LogP contribution in [0.15, 0.2) is 16.9 Å². The molecule has 2 heterocycles. The minimum Gasteiger partial charge on any atom is -0.504 e. The first-order valence-electron chi connectivity index (χ1n) is 6.18. The van der Waals surface area contributed by atoms with Crippen molar-refractivity contribution >= 4 is 22.1 Å². The van der Waals surface area contributed by atoms with Crippen molar-refractivity contribution in [1.29, 1.82) is 0 Å². The Balaban J connectivity index is 2.80. The minimum absolute atomic E-state index is 0.186. The van der Waals surface area contributed by atoms with E-state index in [4.69, 9.17) is 0 Å². The molecule has 102 valence electrons. The van der Waals surface area contributed by atoms with Crippen molar-refractivity contribution in [1.82, 2.24) is 4.40 Å². The number of pyridine rings is 1. The molecule has 3 aromatic rings. The smallest absolute Gasteiger partial charge is 0.255 e. The van der Waals surface area contributed by atoms with E-state index in [2.05, 4.69) is 0 Å². The van der Waals surface area contributed by atoms with Crippen LogP contribution >= 0.6 is 0 Å². The average molecular weight is 271 g/mol. The fraction of sp³-hybridized carbons (Fsp3) is 0.200. The summed E-state index contributed by atoms with van der Waals surface area (Å²) in [7, 11) is 0. The molecule has 0 unspecified atom stereocenters. The van der Waals surface area contributed by atoms with Crippen LogP contribution in [-0.4, -0.2) is 20.4 Å². The Morgan fingerprint density at radius 3 is 2.45 bits per heavy atom. The van der Waals surface area contributed by atoms with Crippen molar-refractivity contribution in [2.45, 2.75) is 20.8 Å². The van der Waals surface area contributed by atoms with Gasteiger partial charge in [0.2, 0.25) is 0 Å². The predicted molar refractivity (Wildman–Crippen MR) is 75.2 cm³/mol. The first-order valence-corrected chi connectivity index (χ1v) is 6.18. The van der Waals surface area contributed by atoms with Gasteiger partial charge in [0.25, 0.3) is 5.56 Å². The largest absolute Gasteiger partial charge is 0.504 e. The molecule has 0 radical (unpaired) electrons. The van der Waals surface area contributed by atoms with Gasteiger partial charge in [-0.25, -0.2) is 0 Å². The molecule has 0 fully saturated rings. The van der Waals surface area contributed by atoms with E-state index >= 15 is 0 Å². The Bertz CT molecular complexity index is 937. The van der Waals surface area contributed by atoms with Crippen LogP contribution in [0.25, 0.3) is 16.3 Å². The molecular weight excluding hydrogens is 258 g/mol. The van der Waals surface area contributed by atoms with Crippen molar-refractivity contribution in [3.8, 4) is 11.5 Å². The monoisotopic (exact) mass is 271 g/mol. The zero-order valence-corrected chi connectivity index (χ0v) is 11.3. The number of rotatable bonds is 1. The second kappa shape index (κ2) is 3.72. The van der Waals surface area contributed by atoms with Gasteiger partial charge in [-0.05, 0) is 32.4 Å². The summed E-state index contributed by atoms with van der Waals surface area (Å²) in [5.74, 6) is -0.753. The van der Waals surface area contributed by atoms with Crippen molar-refractivity contribution in [2.75, 3.05) is 0 Å². The second-order valence-electron chi connectivity index (χ2n) is 5.03. The quantitative estimate of drug-likeness (QED) is 0.525. The summed E-state index contributed by atoms with van der Waals surface area (Å²) in [6.07, 6.45) is 0. The van der Waals surface area contributed by atoms with E-state index in [0.29, 0.717) is 33.1 Å². The van der Waals surface area contributed by atoms with Crippen LogP contribution in [0.1, 0.15) is 28.5 Å². The van der Waals surface area contributed by atoms with E-state index < -0.39 is 0 Å². The molecule has 5 nitrogen and oxygen atoms in total. The first-order chi connectivity index (χ1) is 9.34. The molecular formula is C15H13NO4. The Kier molecular flexibility index (Phi) is 2.32.